The Kier molecular flexibility index (Phi) is 5.63. The molecule has 2 aromatic rings. The van der Waals surface area contributed by atoms with Crippen molar-refractivity contribution in [2.45, 2.75) is 24.3 Å². The Morgan fingerprint density at radius 3 is 2.65 bits per heavy atom. The minimum Gasteiger partial charge on any atom is -0.461 e. The summed E-state index contributed by atoms with van der Waals surface area (Å²) in [5.74, 6) is -1.12. The first-order valence-electron chi connectivity index (χ1n) is 8.28. The van der Waals surface area contributed by atoms with Gasteiger partial charge in [-0.05, 0) is 42.7 Å². The van der Waals surface area contributed by atoms with Gasteiger partial charge in [0.2, 0.25) is 10.0 Å². The van der Waals surface area contributed by atoms with Crippen LogP contribution < -0.4 is 0 Å². The Hall–Kier alpha value is -2.32. The van der Waals surface area contributed by atoms with E-state index in [9.17, 15) is 17.6 Å². The molecule has 0 saturated carbocycles. The molecule has 6 nitrogen and oxygen atoms in total. The Morgan fingerprint density at radius 2 is 2.00 bits per heavy atom. The lowest BCUT2D eigenvalue weighted by atomic mass is 9.98. The van der Waals surface area contributed by atoms with Crippen molar-refractivity contribution in [1.82, 2.24) is 9.29 Å². The number of pyridine rings is 1. The average Bonchev–Trinajstić information content (AvgIpc) is 2.67. The predicted octanol–water partition coefficient (Wildman–Crippen LogP) is 2.36. The summed E-state index contributed by atoms with van der Waals surface area (Å²) in [6, 6.07) is 8.95. The van der Waals surface area contributed by atoms with E-state index < -0.39 is 10.0 Å². The van der Waals surface area contributed by atoms with E-state index in [0.29, 0.717) is 18.4 Å². The van der Waals surface area contributed by atoms with E-state index in [4.69, 9.17) is 4.74 Å². The van der Waals surface area contributed by atoms with E-state index >= 15 is 0 Å². The van der Waals surface area contributed by atoms with Crippen LogP contribution in [0.15, 0.2) is 53.7 Å². The van der Waals surface area contributed by atoms with Crippen LogP contribution in [0.4, 0.5) is 4.39 Å². The highest BCUT2D eigenvalue weighted by molar-refractivity contribution is 7.89. The monoisotopic (exact) mass is 378 g/mol. The highest BCUT2D eigenvalue weighted by atomic mass is 32.2. The van der Waals surface area contributed by atoms with Crippen LogP contribution in [0.1, 0.15) is 18.4 Å². The highest BCUT2D eigenvalue weighted by Gasteiger charge is 2.32. The number of piperidine rings is 1. The van der Waals surface area contributed by atoms with Gasteiger partial charge >= 0.3 is 5.97 Å². The Bertz CT molecular complexity index is 866. The summed E-state index contributed by atoms with van der Waals surface area (Å²) < 4.78 is 44.8. The fourth-order valence-electron chi connectivity index (χ4n) is 2.88. The summed E-state index contributed by atoms with van der Waals surface area (Å²) in [6.45, 7) is 0.499. The Labute approximate surface area is 151 Å². The first kappa shape index (κ1) is 18.5. The fraction of sp³-hybridized carbons (Fsp3) is 0.333. The number of rotatable bonds is 5. The Balaban J connectivity index is 1.54. The largest absolute Gasteiger partial charge is 0.461 e. The smallest absolute Gasteiger partial charge is 0.309 e. The third kappa shape index (κ3) is 4.25. The summed E-state index contributed by atoms with van der Waals surface area (Å²) in [6.07, 6.45) is 3.61. The lowest BCUT2D eigenvalue weighted by molar-refractivity contribution is -0.151. The molecule has 1 aliphatic rings. The molecule has 0 bridgehead atoms. The molecule has 0 atom stereocenters. The van der Waals surface area contributed by atoms with Crippen LogP contribution in [0.25, 0.3) is 0 Å². The molecule has 138 valence electrons. The number of halogens is 1. The number of esters is 1. The summed E-state index contributed by atoms with van der Waals surface area (Å²) >= 11 is 0. The van der Waals surface area contributed by atoms with Gasteiger partial charge in [0.25, 0.3) is 0 Å². The average molecular weight is 378 g/mol. The van der Waals surface area contributed by atoms with Gasteiger partial charge in [-0.1, -0.05) is 12.1 Å². The van der Waals surface area contributed by atoms with Crippen LogP contribution in [0, 0.1) is 11.7 Å². The molecule has 2 heterocycles. The predicted molar refractivity (Wildman–Crippen MR) is 91.9 cm³/mol. The second-order valence-electron chi connectivity index (χ2n) is 6.10. The van der Waals surface area contributed by atoms with E-state index in [0.717, 1.165) is 0 Å². The molecular weight excluding hydrogens is 359 g/mol. The third-order valence-electron chi connectivity index (χ3n) is 4.33. The number of carbonyl (C=O) groups is 1. The molecule has 26 heavy (non-hydrogen) atoms. The van der Waals surface area contributed by atoms with Gasteiger partial charge in [0.05, 0.1) is 5.92 Å². The van der Waals surface area contributed by atoms with Crippen LogP contribution >= 0.6 is 0 Å². The van der Waals surface area contributed by atoms with Crippen molar-refractivity contribution in [2.24, 2.45) is 5.92 Å². The van der Waals surface area contributed by atoms with E-state index in [1.807, 2.05) is 0 Å². The number of nitrogens with zero attached hydrogens (tertiary/aromatic N) is 2. The van der Waals surface area contributed by atoms with Crippen LogP contribution in [-0.4, -0.2) is 36.8 Å². The van der Waals surface area contributed by atoms with Crippen molar-refractivity contribution in [1.29, 1.82) is 0 Å². The number of hydrogen-bond donors (Lipinski definition) is 0. The number of benzene rings is 1. The van der Waals surface area contributed by atoms with E-state index in [1.165, 1.54) is 34.9 Å². The van der Waals surface area contributed by atoms with Gasteiger partial charge in [-0.2, -0.15) is 4.31 Å². The van der Waals surface area contributed by atoms with Crippen LogP contribution in [-0.2, 0) is 26.2 Å². The zero-order valence-corrected chi connectivity index (χ0v) is 14.9. The molecule has 0 spiro atoms. The molecule has 1 aliphatic heterocycles. The number of hydrogen-bond acceptors (Lipinski definition) is 5. The molecular formula is C18H19FN2O4S. The van der Waals surface area contributed by atoms with Crippen LogP contribution in [0.2, 0.25) is 0 Å². The molecule has 0 radical (unpaired) electrons. The minimum atomic E-state index is -3.59. The van der Waals surface area contributed by atoms with Gasteiger partial charge in [0.15, 0.2) is 0 Å². The van der Waals surface area contributed by atoms with E-state index in [-0.39, 0.29) is 42.3 Å². The van der Waals surface area contributed by atoms with Gasteiger partial charge in [-0.15, -0.1) is 0 Å². The highest BCUT2D eigenvalue weighted by Crippen LogP contribution is 2.24. The van der Waals surface area contributed by atoms with Crippen molar-refractivity contribution < 1.29 is 22.3 Å². The summed E-state index contributed by atoms with van der Waals surface area (Å²) in [5, 5.41) is 0. The molecule has 1 aromatic heterocycles. The van der Waals surface area contributed by atoms with Crippen molar-refractivity contribution in [2.75, 3.05) is 13.1 Å². The first-order chi connectivity index (χ1) is 12.5. The number of carbonyl (C=O) groups excluding carboxylic acids is 1. The van der Waals surface area contributed by atoms with Gasteiger partial charge in [-0.25, -0.2) is 12.8 Å². The summed E-state index contributed by atoms with van der Waals surface area (Å²) in [7, 11) is -3.59. The van der Waals surface area contributed by atoms with E-state index in [2.05, 4.69) is 4.98 Å². The molecule has 0 aliphatic carbocycles. The fourth-order valence-corrected chi connectivity index (χ4v) is 4.31. The standard InChI is InChI=1S/C18H19FN2O4S/c19-16-4-1-3-14(11-16)13-25-18(22)15-6-9-21(10-7-15)26(23,24)17-5-2-8-20-12-17/h1-5,8,11-12,15H,6-7,9-10,13H2. The normalized spacial score (nSPS) is 16.3. The van der Waals surface area contributed by atoms with Crippen molar-refractivity contribution >= 4 is 16.0 Å². The van der Waals surface area contributed by atoms with Gasteiger partial charge in [0.1, 0.15) is 17.3 Å². The first-order valence-corrected chi connectivity index (χ1v) is 9.72. The molecule has 1 aromatic carbocycles. The molecule has 3 rings (SSSR count). The maximum Gasteiger partial charge on any atom is 0.309 e. The second kappa shape index (κ2) is 7.92. The number of sulfonamides is 1. The topological polar surface area (TPSA) is 76.6 Å². The SMILES string of the molecule is O=C(OCc1cccc(F)c1)C1CCN(S(=O)(=O)c2cccnc2)CC1. The summed E-state index contributed by atoms with van der Waals surface area (Å²) in [4.78, 5) is 16.2. The zero-order valence-electron chi connectivity index (χ0n) is 14.0. The van der Waals surface area contributed by atoms with Gasteiger partial charge < -0.3 is 4.74 Å². The maximum absolute atomic E-state index is 13.1. The molecule has 8 heteroatoms. The van der Waals surface area contributed by atoms with Gasteiger partial charge in [0, 0.05) is 25.5 Å². The van der Waals surface area contributed by atoms with Crippen LogP contribution in [0.3, 0.4) is 0 Å². The maximum atomic E-state index is 13.1. The molecule has 1 fully saturated rings. The second-order valence-corrected chi connectivity index (χ2v) is 8.04. The van der Waals surface area contributed by atoms with Crippen molar-refractivity contribution in [3.63, 3.8) is 0 Å². The summed E-state index contributed by atoms with van der Waals surface area (Å²) in [5.41, 5.74) is 0.579. The van der Waals surface area contributed by atoms with Crippen molar-refractivity contribution in [3.8, 4) is 0 Å². The molecule has 0 N–H and O–H groups in total. The lowest BCUT2D eigenvalue weighted by Crippen LogP contribution is -2.40. The lowest BCUT2D eigenvalue weighted by Gasteiger charge is -2.30. The minimum absolute atomic E-state index is 0.00475. The van der Waals surface area contributed by atoms with Gasteiger partial charge in [-0.3, -0.25) is 9.78 Å². The molecule has 1 saturated heterocycles. The van der Waals surface area contributed by atoms with E-state index in [1.54, 1.807) is 18.2 Å². The Morgan fingerprint density at radius 1 is 1.23 bits per heavy atom. The third-order valence-corrected chi connectivity index (χ3v) is 6.21. The quantitative estimate of drug-likeness (QED) is 0.747. The zero-order chi connectivity index (χ0) is 18.6. The molecule has 0 amide bonds. The number of aromatic nitrogens is 1. The van der Waals surface area contributed by atoms with Crippen LogP contribution in [0.5, 0.6) is 0 Å². The molecule has 0 unspecified atom stereocenters. The number of ether oxygens (including phenoxy) is 1. The van der Waals surface area contributed by atoms with Crippen molar-refractivity contribution in [3.05, 3.63) is 60.2 Å².